The zero-order chi connectivity index (χ0) is 14.2. The number of hydrogen-bond donors (Lipinski definition) is 2. The Kier molecular flexibility index (Phi) is 5.87. The van der Waals surface area contributed by atoms with Crippen molar-refractivity contribution >= 4 is 11.6 Å². The van der Waals surface area contributed by atoms with E-state index in [1.807, 2.05) is 24.3 Å². The Morgan fingerprint density at radius 2 is 1.95 bits per heavy atom. The number of nitrogens with two attached hydrogens (primary N) is 1. The molecule has 3 N–H and O–H groups in total. The van der Waals surface area contributed by atoms with E-state index in [1.165, 1.54) is 32.4 Å². The Labute approximate surface area is 121 Å². The smallest absolute Gasteiger partial charge is 0.220 e. The second-order valence-electron chi connectivity index (χ2n) is 5.45. The van der Waals surface area contributed by atoms with E-state index >= 15 is 0 Å². The number of amides is 1. The van der Waals surface area contributed by atoms with E-state index in [0.717, 1.165) is 24.3 Å². The molecule has 0 aliphatic carbocycles. The highest BCUT2D eigenvalue weighted by atomic mass is 16.1. The SMILES string of the molecule is Nc1ccccc1CCC(=O)NCCN1CCCCC1. The average Bonchev–Trinajstić information content (AvgIpc) is 2.47. The van der Waals surface area contributed by atoms with Crippen LogP contribution in [-0.4, -0.2) is 37.0 Å². The number of aryl methyl sites for hydroxylation is 1. The number of benzene rings is 1. The van der Waals surface area contributed by atoms with Gasteiger partial charge in [0.05, 0.1) is 0 Å². The van der Waals surface area contributed by atoms with Crippen LogP contribution in [0.5, 0.6) is 0 Å². The largest absolute Gasteiger partial charge is 0.399 e. The molecule has 1 amide bonds. The van der Waals surface area contributed by atoms with Gasteiger partial charge in [-0.3, -0.25) is 4.79 Å². The maximum absolute atomic E-state index is 11.8. The summed E-state index contributed by atoms with van der Waals surface area (Å²) in [5.41, 5.74) is 7.69. The normalized spacial score (nSPS) is 16.0. The minimum Gasteiger partial charge on any atom is -0.399 e. The lowest BCUT2D eigenvalue weighted by Gasteiger charge is -2.26. The quantitative estimate of drug-likeness (QED) is 0.778. The molecule has 1 aliphatic rings. The van der Waals surface area contributed by atoms with Crippen molar-refractivity contribution in [2.45, 2.75) is 32.1 Å². The molecule has 1 saturated heterocycles. The molecule has 4 nitrogen and oxygen atoms in total. The third-order valence-corrected chi connectivity index (χ3v) is 3.88. The van der Waals surface area contributed by atoms with Gasteiger partial charge in [-0.1, -0.05) is 24.6 Å². The number of anilines is 1. The van der Waals surface area contributed by atoms with Gasteiger partial charge in [0.2, 0.25) is 5.91 Å². The van der Waals surface area contributed by atoms with Gasteiger partial charge in [0, 0.05) is 25.2 Å². The monoisotopic (exact) mass is 275 g/mol. The first-order chi connectivity index (χ1) is 9.75. The zero-order valence-corrected chi connectivity index (χ0v) is 12.1. The lowest BCUT2D eigenvalue weighted by atomic mass is 10.1. The fourth-order valence-electron chi connectivity index (χ4n) is 2.63. The van der Waals surface area contributed by atoms with Crippen LogP contribution in [0, 0.1) is 0 Å². The van der Waals surface area contributed by atoms with E-state index < -0.39 is 0 Å². The van der Waals surface area contributed by atoms with Crippen molar-refractivity contribution in [3.8, 4) is 0 Å². The summed E-state index contributed by atoms with van der Waals surface area (Å²) in [7, 11) is 0. The lowest BCUT2D eigenvalue weighted by Crippen LogP contribution is -2.37. The molecule has 110 valence electrons. The number of para-hydroxylation sites is 1. The van der Waals surface area contributed by atoms with Crippen LogP contribution in [0.4, 0.5) is 5.69 Å². The van der Waals surface area contributed by atoms with Gasteiger partial charge in [-0.2, -0.15) is 0 Å². The van der Waals surface area contributed by atoms with E-state index in [9.17, 15) is 4.79 Å². The van der Waals surface area contributed by atoms with Crippen LogP contribution in [0.2, 0.25) is 0 Å². The Morgan fingerprint density at radius 3 is 2.70 bits per heavy atom. The summed E-state index contributed by atoms with van der Waals surface area (Å²) in [6, 6.07) is 7.73. The molecule has 4 heteroatoms. The number of hydrogen-bond acceptors (Lipinski definition) is 3. The molecular weight excluding hydrogens is 250 g/mol. The van der Waals surface area contributed by atoms with Gasteiger partial charge in [-0.15, -0.1) is 0 Å². The molecule has 1 aromatic carbocycles. The number of carbonyl (C=O) groups excluding carboxylic acids is 1. The summed E-state index contributed by atoms with van der Waals surface area (Å²) in [5, 5.41) is 3.00. The van der Waals surface area contributed by atoms with Crippen LogP contribution in [-0.2, 0) is 11.2 Å². The Hall–Kier alpha value is -1.55. The third kappa shape index (κ3) is 4.85. The molecule has 0 bridgehead atoms. The summed E-state index contributed by atoms with van der Waals surface area (Å²) in [6.45, 7) is 4.08. The molecule has 1 aliphatic heterocycles. The molecule has 1 fully saturated rings. The highest BCUT2D eigenvalue weighted by Gasteiger charge is 2.10. The average molecular weight is 275 g/mol. The summed E-state index contributed by atoms with van der Waals surface area (Å²) >= 11 is 0. The molecular formula is C16H25N3O. The van der Waals surface area contributed by atoms with Gasteiger partial charge < -0.3 is 16.0 Å². The number of nitrogen functional groups attached to an aromatic ring is 1. The van der Waals surface area contributed by atoms with Crippen molar-refractivity contribution in [1.82, 2.24) is 10.2 Å². The summed E-state index contributed by atoms with van der Waals surface area (Å²) in [4.78, 5) is 14.2. The first-order valence-electron chi connectivity index (χ1n) is 7.58. The van der Waals surface area contributed by atoms with Crippen LogP contribution < -0.4 is 11.1 Å². The molecule has 0 spiro atoms. The van der Waals surface area contributed by atoms with Crippen LogP contribution in [0.1, 0.15) is 31.2 Å². The van der Waals surface area contributed by atoms with Gasteiger partial charge >= 0.3 is 0 Å². The van der Waals surface area contributed by atoms with Gasteiger partial charge in [-0.05, 0) is 44.0 Å². The van der Waals surface area contributed by atoms with Gasteiger partial charge in [0.15, 0.2) is 0 Å². The topological polar surface area (TPSA) is 58.4 Å². The standard InChI is InChI=1S/C16H25N3O/c17-15-7-3-2-6-14(15)8-9-16(20)18-10-13-19-11-4-1-5-12-19/h2-3,6-7H,1,4-5,8-13,17H2,(H,18,20). The maximum Gasteiger partial charge on any atom is 0.220 e. The summed E-state index contributed by atoms with van der Waals surface area (Å²) in [6.07, 6.45) is 5.15. The number of nitrogens with one attached hydrogen (secondary N) is 1. The van der Waals surface area contributed by atoms with Crippen molar-refractivity contribution in [2.75, 3.05) is 31.9 Å². The van der Waals surface area contributed by atoms with E-state index in [2.05, 4.69) is 10.2 Å². The van der Waals surface area contributed by atoms with E-state index in [-0.39, 0.29) is 5.91 Å². The van der Waals surface area contributed by atoms with Gasteiger partial charge in [0.1, 0.15) is 0 Å². The van der Waals surface area contributed by atoms with Crippen molar-refractivity contribution in [2.24, 2.45) is 0 Å². The van der Waals surface area contributed by atoms with Crippen LogP contribution >= 0.6 is 0 Å². The van der Waals surface area contributed by atoms with E-state index in [0.29, 0.717) is 12.8 Å². The van der Waals surface area contributed by atoms with Crippen molar-refractivity contribution in [3.63, 3.8) is 0 Å². The van der Waals surface area contributed by atoms with E-state index in [4.69, 9.17) is 5.73 Å². The number of rotatable bonds is 6. The Balaban J connectivity index is 1.62. The molecule has 0 saturated carbocycles. The molecule has 2 rings (SSSR count). The molecule has 0 aromatic heterocycles. The van der Waals surface area contributed by atoms with Crippen molar-refractivity contribution < 1.29 is 4.79 Å². The Bertz CT molecular complexity index is 427. The molecule has 0 atom stereocenters. The van der Waals surface area contributed by atoms with Gasteiger partial charge in [-0.25, -0.2) is 0 Å². The molecule has 0 unspecified atom stereocenters. The second-order valence-corrected chi connectivity index (χ2v) is 5.45. The minimum absolute atomic E-state index is 0.116. The second kappa shape index (κ2) is 7.90. The maximum atomic E-state index is 11.8. The number of likely N-dealkylation sites (tertiary alicyclic amines) is 1. The highest BCUT2D eigenvalue weighted by molar-refractivity contribution is 5.76. The van der Waals surface area contributed by atoms with Crippen LogP contribution in [0.15, 0.2) is 24.3 Å². The van der Waals surface area contributed by atoms with Crippen LogP contribution in [0.25, 0.3) is 0 Å². The summed E-state index contributed by atoms with van der Waals surface area (Å²) < 4.78 is 0. The van der Waals surface area contributed by atoms with Crippen molar-refractivity contribution in [3.05, 3.63) is 29.8 Å². The summed E-state index contributed by atoms with van der Waals surface area (Å²) in [5.74, 6) is 0.116. The fourth-order valence-corrected chi connectivity index (χ4v) is 2.63. The fraction of sp³-hybridized carbons (Fsp3) is 0.562. The van der Waals surface area contributed by atoms with Crippen LogP contribution in [0.3, 0.4) is 0 Å². The first kappa shape index (κ1) is 14.9. The molecule has 20 heavy (non-hydrogen) atoms. The Morgan fingerprint density at radius 1 is 1.20 bits per heavy atom. The van der Waals surface area contributed by atoms with Crippen molar-refractivity contribution in [1.29, 1.82) is 0 Å². The predicted octanol–water partition coefficient (Wildman–Crippen LogP) is 1.80. The number of carbonyl (C=O) groups is 1. The molecule has 0 radical (unpaired) electrons. The molecule has 1 aromatic rings. The van der Waals surface area contributed by atoms with E-state index in [1.54, 1.807) is 0 Å². The minimum atomic E-state index is 0.116. The predicted molar refractivity (Wildman–Crippen MR) is 82.5 cm³/mol. The zero-order valence-electron chi connectivity index (χ0n) is 12.1. The number of nitrogens with zero attached hydrogens (tertiary/aromatic N) is 1. The lowest BCUT2D eigenvalue weighted by molar-refractivity contribution is -0.121. The van der Waals surface area contributed by atoms with Gasteiger partial charge in [0.25, 0.3) is 0 Å². The third-order valence-electron chi connectivity index (χ3n) is 3.88. The number of piperidine rings is 1. The highest BCUT2D eigenvalue weighted by Crippen LogP contribution is 2.12. The first-order valence-corrected chi connectivity index (χ1v) is 7.58. The molecule has 1 heterocycles.